The zero-order valence-electron chi connectivity index (χ0n) is 5.33. The van der Waals surface area contributed by atoms with Crippen LogP contribution in [0.4, 0.5) is 0 Å². The van der Waals surface area contributed by atoms with Crippen LogP contribution in [0.5, 0.6) is 0 Å². The summed E-state index contributed by atoms with van der Waals surface area (Å²) in [6.45, 7) is 0.0839. The van der Waals surface area contributed by atoms with Gasteiger partial charge in [-0.1, -0.05) is 23.2 Å². The molecule has 1 aliphatic heterocycles. The summed E-state index contributed by atoms with van der Waals surface area (Å²) in [6.07, 6.45) is -0.926. The molecule has 11 heavy (non-hydrogen) atoms. The molecule has 0 saturated carbocycles. The number of carbonyl (C=O) groups is 1. The summed E-state index contributed by atoms with van der Waals surface area (Å²) in [5, 5.41) is 8.43. The minimum Gasteiger partial charge on any atom is -0.478 e. The molecular weight excluding hydrogens is 193 g/mol. The Morgan fingerprint density at radius 1 is 1.82 bits per heavy atom. The Balaban J connectivity index is 2.49. The van der Waals surface area contributed by atoms with Crippen LogP contribution < -0.4 is 0 Å². The normalized spacial score (nSPS) is 23.2. The third kappa shape index (κ3) is 1.97. The number of nitrogens with zero attached hydrogens (tertiary/aromatic N) is 1. The summed E-state index contributed by atoms with van der Waals surface area (Å²) in [5.41, 5.74) is 0. The van der Waals surface area contributed by atoms with Crippen molar-refractivity contribution in [1.29, 1.82) is 0 Å². The zero-order chi connectivity index (χ0) is 8.43. The highest BCUT2D eigenvalue weighted by molar-refractivity contribution is 6.53. The van der Waals surface area contributed by atoms with E-state index in [1.165, 1.54) is 0 Å². The minimum atomic E-state index is -1.06. The largest absolute Gasteiger partial charge is 0.478 e. The van der Waals surface area contributed by atoms with Gasteiger partial charge in [0.2, 0.25) is 12.0 Å². The second-order valence-corrected chi connectivity index (χ2v) is 3.02. The lowest BCUT2D eigenvalue weighted by atomic mass is 10.4. The van der Waals surface area contributed by atoms with Crippen molar-refractivity contribution in [3.8, 4) is 0 Å². The molecule has 0 radical (unpaired) electrons. The van der Waals surface area contributed by atoms with Crippen molar-refractivity contribution in [2.45, 2.75) is 10.9 Å². The molecule has 1 heterocycles. The maximum atomic E-state index is 10.3. The summed E-state index contributed by atoms with van der Waals surface area (Å²) < 4.78 is 4.77. The van der Waals surface area contributed by atoms with E-state index < -0.39 is 16.9 Å². The van der Waals surface area contributed by atoms with Gasteiger partial charge >= 0.3 is 5.97 Å². The van der Waals surface area contributed by atoms with Crippen molar-refractivity contribution in [3.63, 3.8) is 0 Å². The van der Waals surface area contributed by atoms with Crippen LogP contribution in [0, 0.1) is 0 Å². The molecule has 1 unspecified atom stereocenters. The van der Waals surface area contributed by atoms with Gasteiger partial charge in [0.15, 0.2) is 4.84 Å². The van der Waals surface area contributed by atoms with E-state index in [1.807, 2.05) is 0 Å². The second kappa shape index (κ2) is 3.28. The first-order chi connectivity index (χ1) is 5.11. The van der Waals surface area contributed by atoms with Gasteiger partial charge in [-0.2, -0.15) is 0 Å². The first kappa shape index (κ1) is 8.62. The highest BCUT2D eigenvalue weighted by atomic mass is 35.5. The number of aliphatic carboxylic acids is 1. The molecule has 0 amide bonds. The Morgan fingerprint density at radius 3 is 2.73 bits per heavy atom. The van der Waals surface area contributed by atoms with Gasteiger partial charge in [-0.25, -0.2) is 9.79 Å². The standard InChI is InChI=1S/C5H5Cl2NO3/c6-3(7)4-8-1-2(11-4)5(9)10/h2-3H,1H2,(H,9,10). The first-order valence-electron chi connectivity index (χ1n) is 2.83. The van der Waals surface area contributed by atoms with E-state index >= 15 is 0 Å². The lowest BCUT2D eigenvalue weighted by molar-refractivity contribution is -0.144. The maximum absolute atomic E-state index is 10.3. The summed E-state index contributed by atoms with van der Waals surface area (Å²) in [5.74, 6) is -0.974. The van der Waals surface area contributed by atoms with Crippen LogP contribution in [0.25, 0.3) is 0 Å². The maximum Gasteiger partial charge on any atom is 0.346 e. The number of carboxylic acid groups (broad SMARTS) is 1. The quantitative estimate of drug-likeness (QED) is 0.663. The monoisotopic (exact) mass is 197 g/mol. The topological polar surface area (TPSA) is 58.9 Å². The number of hydrogen-bond donors (Lipinski definition) is 1. The molecule has 0 aromatic carbocycles. The number of ether oxygens (including phenoxy) is 1. The number of rotatable bonds is 2. The van der Waals surface area contributed by atoms with Crippen LogP contribution in [0.2, 0.25) is 0 Å². The lowest BCUT2D eigenvalue weighted by Crippen LogP contribution is -2.25. The Kier molecular flexibility index (Phi) is 2.57. The Bertz CT molecular complexity index is 204. The van der Waals surface area contributed by atoms with E-state index in [4.69, 9.17) is 33.0 Å². The number of aliphatic imine (C=N–C) groups is 1. The van der Waals surface area contributed by atoms with Gasteiger partial charge in [-0.15, -0.1) is 0 Å². The van der Waals surface area contributed by atoms with Crippen LogP contribution in [-0.4, -0.2) is 34.5 Å². The fourth-order valence-corrected chi connectivity index (χ4v) is 0.883. The fourth-order valence-electron chi connectivity index (χ4n) is 0.642. The number of carboxylic acids is 1. The molecule has 0 saturated heterocycles. The van der Waals surface area contributed by atoms with Crippen LogP contribution >= 0.6 is 23.2 Å². The highest BCUT2D eigenvalue weighted by Crippen LogP contribution is 2.13. The first-order valence-corrected chi connectivity index (χ1v) is 3.70. The van der Waals surface area contributed by atoms with Crippen molar-refractivity contribution >= 4 is 35.1 Å². The average molecular weight is 198 g/mol. The van der Waals surface area contributed by atoms with Gasteiger partial charge in [0.1, 0.15) is 0 Å². The molecule has 0 aromatic rings. The third-order valence-electron chi connectivity index (χ3n) is 1.14. The zero-order valence-corrected chi connectivity index (χ0v) is 6.84. The lowest BCUT2D eigenvalue weighted by Gasteiger charge is -2.05. The molecule has 4 nitrogen and oxygen atoms in total. The number of alkyl halides is 2. The van der Waals surface area contributed by atoms with Gasteiger partial charge < -0.3 is 9.84 Å². The smallest absolute Gasteiger partial charge is 0.346 e. The summed E-state index contributed by atoms with van der Waals surface area (Å²) in [6, 6.07) is 0. The van der Waals surface area contributed by atoms with Crippen molar-refractivity contribution < 1.29 is 14.6 Å². The minimum absolute atomic E-state index is 0.0839. The second-order valence-electron chi connectivity index (χ2n) is 1.92. The third-order valence-corrected chi connectivity index (χ3v) is 1.51. The highest BCUT2D eigenvalue weighted by Gasteiger charge is 2.29. The molecule has 0 spiro atoms. The van der Waals surface area contributed by atoms with Gasteiger partial charge in [-0.3, -0.25) is 0 Å². The van der Waals surface area contributed by atoms with Gasteiger partial charge in [0.25, 0.3) is 0 Å². The molecule has 0 bridgehead atoms. The molecule has 0 aliphatic carbocycles. The Labute approximate surface area is 72.8 Å². The molecule has 0 aromatic heterocycles. The van der Waals surface area contributed by atoms with E-state index in [0.717, 1.165) is 0 Å². The van der Waals surface area contributed by atoms with E-state index in [2.05, 4.69) is 4.99 Å². The van der Waals surface area contributed by atoms with Gasteiger partial charge in [0, 0.05) is 0 Å². The van der Waals surface area contributed by atoms with Crippen molar-refractivity contribution in [3.05, 3.63) is 0 Å². The summed E-state index contributed by atoms with van der Waals surface area (Å²) >= 11 is 10.7. The van der Waals surface area contributed by atoms with E-state index in [9.17, 15) is 4.79 Å². The Morgan fingerprint density at radius 2 is 2.45 bits per heavy atom. The van der Waals surface area contributed by atoms with Crippen LogP contribution in [-0.2, 0) is 9.53 Å². The predicted molar refractivity (Wildman–Crippen MR) is 40.3 cm³/mol. The van der Waals surface area contributed by atoms with Crippen molar-refractivity contribution in [2.24, 2.45) is 4.99 Å². The Hall–Kier alpha value is -0.480. The molecule has 1 aliphatic rings. The van der Waals surface area contributed by atoms with Gasteiger partial charge in [0.05, 0.1) is 6.54 Å². The summed E-state index contributed by atoms with van der Waals surface area (Å²) in [4.78, 5) is 13.1. The SMILES string of the molecule is O=C(O)C1CN=C(C(Cl)Cl)O1. The molecule has 1 N–H and O–H groups in total. The average Bonchev–Trinajstić information content (AvgIpc) is 2.33. The van der Waals surface area contributed by atoms with E-state index in [0.29, 0.717) is 0 Å². The van der Waals surface area contributed by atoms with E-state index in [-0.39, 0.29) is 12.4 Å². The summed E-state index contributed by atoms with van der Waals surface area (Å²) in [7, 11) is 0. The molecule has 6 heteroatoms. The van der Waals surface area contributed by atoms with Crippen LogP contribution in [0.3, 0.4) is 0 Å². The van der Waals surface area contributed by atoms with Crippen LogP contribution in [0.1, 0.15) is 0 Å². The molecule has 0 fully saturated rings. The van der Waals surface area contributed by atoms with Gasteiger partial charge in [-0.05, 0) is 0 Å². The molecule has 62 valence electrons. The van der Waals surface area contributed by atoms with E-state index in [1.54, 1.807) is 0 Å². The molecule has 1 rings (SSSR count). The van der Waals surface area contributed by atoms with Crippen LogP contribution in [0.15, 0.2) is 4.99 Å². The number of halogens is 2. The number of hydrogen-bond acceptors (Lipinski definition) is 3. The molecule has 1 atom stereocenters. The van der Waals surface area contributed by atoms with Crippen molar-refractivity contribution in [2.75, 3.05) is 6.54 Å². The fraction of sp³-hybridized carbons (Fsp3) is 0.600. The predicted octanol–water partition coefficient (Wildman–Crippen LogP) is 0.672. The molecular formula is C5H5Cl2NO3. The van der Waals surface area contributed by atoms with Crippen molar-refractivity contribution in [1.82, 2.24) is 0 Å².